The zero-order valence-electron chi connectivity index (χ0n) is 8.48. The Morgan fingerprint density at radius 3 is 2.88 bits per heavy atom. The van der Waals surface area contributed by atoms with Gasteiger partial charge in [-0.05, 0) is 12.1 Å². The van der Waals surface area contributed by atoms with Crippen LogP contribution in [-0.2, 0) is 0 Å². The van der Waals surface area contributed by atoms with Crippen molar-refractivity contribution in [3.8, 4) is 6.01 Å². The van der Waals surface area contributed by atoms with Gasteiger partial charge < -0.3 is 4.42 Å². The van der Waals surface area contributed by atoms with Crippen LogP contribution in [0.2, 0.25) is 0 Å². The van der Waals surface area contributed by atoms with Gasteiger partial charge in [-0.1, -0.05) is 12.1 Å². The van der Waals surface area contributed by atoms with Gasteiger partial charge in [0.25, 0.3) is 0 Å². The summed E-state index contributed by atoms with van der Waals surface area (Å²) in [7, 11) is 0. The molecule has 0 aliphatic carbocycles. The molecule has 0 saturated carbocycles. The molecule has 0 atom stereocenters. The number of hydrogen-bond acceptors (Lipinski definition) is 5. The van der Waals surface area contributed by atoms with Crippen molar-refractivity contribution in [1.29, 1.82) is 0 Å². The predicted molar refractivity (Wildman–Crippen MR) is 57.8 cm³/mol. The van der Waals surface area contributed by atoms with Gasteiger partial charge in [0.15, 0.2) is 5.58 Å². The smallest absolute Gasteiger partial charge is 0.324 e. The molecule has 17 heavy (non-hydrogen) atoms. The Hall–Kier alpha value is -2.70. The molecule has 0 unspecified atom stereocenters. The van der Waals surface area contributed by atoms with E-state index in [1.165, 1.54) is 10.9 Å². The summed E-state index contributed by atoms with van der Waals surface area (Å²) >= 11 is 0. The summed E-state index contributed by atoms with van der Waals surface area (Å²) in [4.78, 5) is 14.2. The van der Waals surface area contributed by atoms with Crippen LogP contribution in [0.1, 0.15) is 0 Å². The summed E-state index contributed by atoms with van der Waals surface area (Å²) in [5.41, 5.74) is 1.19. The fourth-order valence-electron chi connectivity index (χ4n) is 1.47. The number of aromatic nitrogens is 3. The van der Waals surface area contributed by atoms with E-state index >= 15 is 0 Å². The highest BCUT2D eigenvalue weighted by atomic mass is 16.6. The van der Waals surface area contributed by atoms with Gasteiger partial charge in [0.2, 0.25) is 0 Å². The van der Waals surface area contributed by atoms with Crippen LogP contribution in [0.25, 0.3) is 17.1 Å². The van der Waals surface area contributed by atoms with E-state index in [2.05, 4.69) is 10.1 Å². The van der Waals surface area contributed by atoms with Crippen LogP contribution in [0, 0.1) is 10.1 Å². The van der Waals surface area contributed by atoms with Crippen LogP contribution in [0.4, 0.5) is 5.69 Å². The maximum absolute atomic E-state index is 10.5. The van der Waals surface area contributed by atoms with Crippen LogP contribution < -0.4 is 0 Å². The SMILES string of the molecule is O=[N+]([O-])c1cnn(-c2nc3ccccc3o2)c1. The largest absolute Gasteiger partial charge is 0.422 e. The molecule has 0 radical (unpaired) electrons. The monoisotopic (exact) mass is 230 g/mol. The third-order valence-corrected chi connectivity index (χ3v) is 2.26. The minimum absolute atomic E-state index is 0.104. The van der Waals surface area contributed by atoms with Crippen molar-refractivity contribution < 1.29 is 9.34 Å². The first-order chi connectivity index (χ1) is 8.24. The molecular weight excluding hydrogens is 224 g/mol. The molecule has 0 amide bonds. The average Bonchev–Trinajstić information content (AvgIpc) is 2.95. The zero-order valence-corrected chi connectivity index (χ0v) is 8.48. The van der Waals surface area contributed by atoms with E-state index in [9.17, 15) is 10.1 Å². The minimum Gasteiger partial charge on any atom is -0.422 e. The molecule has 0 saturated heterocycles. The molecule has 0 bridgehead atoms. The number of benzene rings is 1. The molecule has 2 heterocycles. The van der Waals surface area contributed by atoms with E-state index in [-0.39, 0.29) is 11.7 Å². The second-order valence-electron chi connectivity index (χ2n) is 3.36. The van der Waals surface area contributed by atoms with Crippen LogP contribution in [0.3, 0.4) is 0 Å². The number of fused-ring (bicyclic) bond motifs is 1. The first-order valence-electron chi connectivity index (χ1n) is 4.79. The summed E-state index contributed by atoms with van der Waals surface area (Å²) in [5.74, 6) is 0. The third kappa shape index (κ3) is 1.53. The van der Waals surface area contributed by atoms with Crippen molar-refractivity contribution in [2.75, 3.05) is 0 Å². The van der Waals surface area contributed by atoms with Crippen LogP contribution in [0.5, 0.6) is 0 Å². The highest BCUT2D eigenvalue weighted by Gasteiger charge is 2.13. The summed E-state index contributed by atoms with van der Waals surface area (Å²) in [5, 5.41) is 14.3. The molecule has 2 aromatic heterocycles. The molecule has 7 nitrogen and oxygen atoms in total. The van der Waals surface area contributed by atoms with Gasteiger partial charge in [0.05, 0.1) is 4.92 Å². The third-order valence-electron chi connectivity index (χ3n) is 2.26. The lowest BCUT2D eigenvalue weighted by Gasteiger charge is -1.89. The lowest BCUT2D eigenvalue weighted by Crippen LogP contribution is -1.93. The van der Waals surface area contributed by atoms with Gasteiger partial charge >= 0.3 is 11.7 Å². The summed E-state index contributed by atoms with van der Waals surface area (Å²) in [6.07, 6.45) is 2.40. The van der Waals surface area contributed by atoms with Crippen molar-refractivity contribution in [1.82, 2.24) is 14.8 Å². The normalized spacial score (nSPS) is 10.8. The van der Waals surface area contributed by atoms with Crippen molar-refractivity contribution in [2.45, 2.75) is 0 Å². The van der Waals surface area contributed by atoms with Crippen molar-refractivity contribution in [2.24, 2.45) is 0 Å². The van der Waals surface area contributed by atoms with E-state index in [4.69, 9.17) is 4.42 Å². The number of nitro groups is 1. The second-order valence-corrected chi connectivity index (χ2v) is 3.36. The van der Waals surface area contributed by atoms with Gasteiger partial charge in [-0.25, -0.2) is 0 Å². The molecule has 0 fully saturated rings. The second kappa shape index (κ2) is 3.41. The number of nitrogens with zero attached hydrogens (tertiary/aromatic N) is 4. The Labute approximate surface area is 94.4 Å². The molecule has 0 aliphatic rings. The topological polar surface area (TPSA) is 87.0 Å². The predicted octanol–water partition coefficient (Wildman–Crippen LogP) is 1.92. The van der Waals surface area contributed by atoms with E-state index in [0.717, 1.165) is 6.20 Å². The van der Waals surface area contributed by atoms with Crippen LogP contribution >= 0.6 is 0 Å². The van der Waals surface area contributed by atoms with Gasteiger partial charge in [-0.3, -0.25) is 10.1 Å². The minimum atomic E-state index is -0.522. The quantitative estimate of drug-likeness (QED) is 0.495. The summed E-state index contributed by atoms with van der Waals surface area (Å²) in [6, 6.07) is 7.42. The van der Waals surface area contributed by atoms with E-state index < -0.39 is 4.92 Å². The Morgan fingerprint density at radius 1 is 1.35 bits per heavy atom. The first-order valence-corrected chi connectivity index (χ1v) is 4.79. The first kappa shape index (κ1) is 9.52. The molecule has 0 aliphatic heterocycles. The molecule has 3 rings (SSSR count). The molecule has 3 aromatic rings. The van der Waals surface area contributed by atoms with E-state index in [1.54, 1.807) is 12.1 Å². The summed E-state index contributed by atoms with van der Waals surface area (Å²) < 4.78 is 6.65. The molecule has 7 heteroatoms. The number of rotatable bonds is 2. The van der Waals surface area contributed by atoms with E-state index in [1.807, 2.05) is 12.1 Å². The van der Waals surface area contributed by atoms with Crippen molar-refractivity contribution >= 4 is 16.8 Å². The highest BCUT2D eigenvalue weighted by Crippen LogP contribution is 2.18. The zero-order chi connectivity index (χ0) is 11.8. The Kier molecular flexibility index (Phi) is 1.91. The fourth-order valence-corrected chi connectivity index (χ4v) is 1.47. The van der Waals surface area contributed by atoms with Crippen molar-refractivity contribution in [3.63, 3.8) is 0 Å². The van der Waals surface area contributed by atoms with Gasteiger partial charge in [-0.15, -0.1) is 0 Å². The standard InChI is InChI=1S/C10H6N4O3/c15-14(16)7-5-11-13(6-7)10-12-8-3-1-2-4-9(8)17-10/h1-6H. The number of hydrogen-bond donors (Lipinski definition) is 0. The Balaban J connectivity index is 2.10. The Morgan fingerprint density at radius 2 is 2.18 bits per heavy atom. The van der Waals surface area contributed by atoms with E-state index in [0.29, 0.717) is 11.1 Å². The van der Waals surface area contributed by atoms with Crippen molar-refractivity contribution in [3.05, 3.63) is 46.8 Å². The summed E-state index contributed by atoms with van der Waals surface area (Å²) in [6.45, 7) is 0. The highest BCUT2D eigenvalue weighted by molar-refractivity contribution is 5.73. The van der Waals surface area contributed by atoms with Crippen LogP contribution in [0.15, 0.2) is 41.1 Å². The maximum atomic E-state index is 10.5. The lowest BCUT2D eigenvalue weighted by molar-refractivity contribution is -0.384. The lowest BCUT2D eigenvalue weighted by atomic mass is 10.3. The molecular formula is C10H6N4O3. The average molecular weight is 230 g/mol. The van der Waals surface area contributed by atoms with Crippen LogP contribution in [-0.4, -0.2) is 19.7 Å². The number of para-hydroxylation sites is 2. The molecule has 1 aromatic carbocycles. The Bertz CT molecular complexity index is 667. The van der Waals surface area contributed by atoms with Gasteiger partial charge in [0.1, 0.15) is 17.9 Å². The van der Waals surface area contributed by atoms with Gasteiger partial charge in [0, 0.05) is 0 Å². The fraction of sp³-hybridized carbons (Fsp3) is 0. The maximum Gasteiger partial charge on any atom is 0.324 e. The number of oxazole rings is 1. The molecule has 0 N–H and O–H groups in total. The van der Waals surface area contributed by atoms with Gasteiger partial charge in [-0.2, -0.15) is 14.8 Å². The molecule has 84 valence electrons. The molecule has 0 spiro atoms.